The maximum absolute atomic E-state index is 5.36. The topological polar surface area (TPSA) is 29.3 Å². The fourth-order valence-corrected chi connectivity index (χ4v) is 1.97. The average Bonchev–Trinajstić information content (AvgIpc) is 2.78. The standard InChI is InChI=1S/C12H12N2O/c1-2-7-14(8-3-1)12-10-5-9-15-11(10)4-6-13-12/h1-2,4-6,9H,3,7-8H2. The van der Waals surface area contributed by atoms with Gasteiger partial charge in [0.05, 0.1) is 11.6 Å². The number of pyridine rings is 1. The molecular formula is C12H12N2O. The van der Waals surface area contributed by atoms with Crippen LogP contribution >= 0.6 is 0 Å². The summed E-state index contributed by atoms with van der Waals surface area (Å²) in [6.07, 6.45) is 9.02. The van der Waals surface area contributed by atoms with Gasteiger partial charge in [-0.1, -0.05) is 12.2 Å². The molecule has 0 radical (unpaired) electrons. The smallest absolute Gasteiger partial charge is 0.139 e. The summed E-state index contributed by atoms with van der Waals surface area (Å²) in [5.74, 6) is 1.03. The van der Waals surface area contributed by atoms with Crippen LogP contribution < -0.4 is 4.90 Å². The van der Waals surface area contributed by atoms with Crippen molar-refractivity contribution in [2.24, 2.45) is 0 Å². The zero-order valence-corrected chi connectivity index (χ0v) is 8.39. The van der Waals surface area contributed by atoms with E-state index in [9.17, 15) is 0 Å². The third-order valence-corrected chi connectivity index (χ3v) is 2.72. The second kappa shape index (κ2) is 3.42. The van der Waals surface area contributed by atoms with Gasteiger partial charge in [0.25, 0.3) is 0 Å². The molecule has 2 aromatic heterocycles. The SMILES string of the molecule is C1=CCN(c2nccc3occc23)CC1. The lowest BCUT2D eigenvalue weighted by molar-refractivity contribution is 0.615. The average molecular weight is 200 g/mol. The zero-order chi connectivity index (χ0) is 10.1. The van der Waals surface area contributed by atoms with Crippen LogP contribution in [0.15, 0.2) is 41.2 Å². The molecule has 3 heteroatoms. The fraction of sp³-hybridized carbons (Fsp3) is 0.250. The third-order valence-electron chi connectivity index (χ3n) is 2.72. The molecule has 76 valence electrons. The van der Waals surface area contributed by atoms with Gasteiger partial charge in [0.2, 0.25) is 0 Å². The Morgan fingerprint density at radius 2 is 2.27 bits per heavy atom. The van der Waals surface area contributed by atoms with E-state index in [-0.39, 0.29) is 0 Å². The summed E-state index contributed by atoms with van der Waals surface area (Å²) in [7, 11) is 0. The van der Waals surface area contributed by atoms with Crippen molar-refractivity contribution < 1.29 is 4.42 Å². The van der Waals surface area contributed by atoms with E-state index in [2.05, 4.69) is 22.0 Å². The van der Waals surface area contributed by atoms with Gasteiger partial charge in [-0.2, -0.15) is 0 Å². The lowest BCUT2D eigenvalue weighted by atomic mass is 10.2. The predicted octanol–water partition coefficient (Wildman–Crippen LogP) is 2.59. The molecule has 0 N–H and O–H groups in total. The molecule has 0 spiro atoms. The number of hydrogen-bond acceptors (Lipinski definition) is 3. The van der Waals surface area contributed by atoms with E-state index < -0.39 is 0 Å². The largest absolute Gasteiger partial charge is 0.464 e. The molecule has 0 amide bonds. The van der Waals surface area contributed by atoms with Gasteiger partial charge >= 0.3 is 0 Å². The molecular weight excluding hydrogens is 188 g/mol. The van der Waals surface area contributed by atoms with Crippen LogP contribution in [-0.4, -0.2) is 18.1 Å². The van der Waals surface area contributed by atoms with Crippen LogP contribution in [0.3, 0.4) is 0 Å². The molecule has 15 heavy (non-hydrogen) atoms. The summed E-state index contributed by atoms with van der Waals surface area (Å²) in [4.78, 5) is 6.71. The summed E-state index contributed by atoms with van der Waals surface area (Å²) in [5.41, 5.74) is 0.912. The number of nitrogens with zero attached hydrogens (tertiary/aromatic N) is 2. The molecule has 3 heterocycles. The van der Waals surface area contributed by atoms with Gasteiger partial charge in [-0.25, -0.2) is 4.98 Å². The molecule has 2 aromatic rings. The van der Waals surface area contributed by atoms with E-state index in [1.54, 1.807) is 12.5 Å². The van der Waals surface area contributed by atoms with Crippen LogP contribution in [-0.2, 0) is 0 Å². The minimum atomic E-state index is 0.912. The molecule has 0 unspecified atom stereocenters. The van der Waals surface area contributed by atoms with E-state index in [1.165, 1.54) is 0 Å². The van der Waals surface area contributed by atoms with Crippen LogP contribution in [0.25, 0.3) is 11.0 Å². The maximum atomic E-state index is 5.36. The van der Waals surface area contributed by atoms with E-state index >= 15 is 0 Å². The highest BCUT2D eigenvalue weighted by atomic mass is 16.3. The summed E-state index contributed by atoms with van der Waals surface area (Å²) in [6.45, 7) is 1.98. The monoisotopic (exact) mass is 200 g/mol. The first kappa shape index (κ1) is 8.53. The van der Waals surface area contributed by atoms with Gasteiger partial charge in [0.15, 0.2) is 0 Å². The van der Waals surface area contributed by atoms with E-state index in [0.717, 1.165) is 36.3 Å². The van der Waals surface area contributed by atoms with E-state index in [4.69, 9.17) is 4.42 Å². The number of anilines is 1. The summed E-state index contributed by atoms with van der Waals surface area (Å²) in [5, 5.41) is 1.10. The maximum Gasteiger partial charge on any atom is 0.139 e. The lowest BCUT2D eigenvalue weighted by Crippen LogP contribution is -2.27. The van der Waals surface area contributed by atoms with Crippen LogP contribution in [0.4, 0.5) is 5.82 Å². The first-order valence-corrected chi connectivity index (χ1v) is 5.17. The highest BCUT2D eigenvalue weighted by Crippen LogP contribution is 2.25. The molecule has 0 saturated heterocycles. The summed E-state index contributed by atoms with van der Waals surface area (Å²) >= 11 is 0. The predicted molar refractivity (Wildman–Crippen MR) is 60.0 cm³/mol. The van der Waals surface area contributed by atoms with Gasteiger partial charge in [0.1, 0.15) is 11.4 Å². The lowest BCUT2D eigenvalue weighted by Gasteiger charge is -2.24. The van der Waals surface area contributed by atoms with Crippen molar-refractivity contribution in [3.05, 3.63) is 36.7 Å². The van der Waals surface area contributed by atoms with Gasteiger partial charge in [0, 0.05) is 19.3 Å². The minimum absolute atomic E-state index is 0.912. The molecule has 0 fully saturated rings. The Balaban J connectivity index is 2.09. The van der Waals surface area contributed by atoms with Crippen molar-refractivity contribution in [3.8, 4) is 0 Å². The Kier molecular flexibility index (Phi) is 1.95. The minimum Gasteiger partial charge on any atom is -0.464 e. The Labute approximate surface area is 88.0 Å². The third kappa shape index (κ3) is 1.40. The molecule has 0 atom stereocenters. The summed E-state index contributed by atoms with van der Waals surface area (Å²) in [6, 6.07) is 3.88. The highest BCUT2D eigenvalue weighted by Gasteiger charge is 2.12. The van der Waals surface area contributed by atoms with Gasteiger partial charge in [-0.15, -0.1) is 0 Å². The van der Waals surface area contributed by atoms with Crippen LogP contribution in [0.2, 0.25) is 0 Å². The van der Waals surface area contributed by atoms with Crippen molar-refractivity contribution >= 4 is 16.8 Å². The Hall–Kier alpha value is -1.77. The molecule has 0 bridgehead atoms. The van der Waals surface area contributed by atoms with Crippen molar-refractivity contribution in [3.63, 3.8) is 0 Å². The van der Waals surface area contributed by atoms with Crippen molar-refractivity contribution in [1.29, 1.82) is 0 Å². The number of aromatic nitrogens is 1. The van der Waals surface area contributed by atoms with Crippen molar-refractivity contribution in [2.75, 3.05) is 18.0 Å². The normalized spacial score (nSPS) is 16.1. The van der Waals surface area contributed by atoms with E-state index in [0.29, 0.717) is 0 Å². The number of furan rings is 1. The quantitative estimate of drug-likeness (QED) is 0.662. The number of hydrogen-bond donors (Lipinski definition) is 0. The fourth-order valence-electron chi connectivity index (χ4n) is 1.97. The van der Waals surface area contributed by atoms with Crippen molar-refractivity contribution in [1.82, 2.24) is 4.98 Å². The van der Waals surface area contributed by atoms with Crippen LogP contribution in [0, 0.1) is 0 Å². The van der Waals surface area contributed by atoms with E-state index in [1.807, 2.05) is 12.1 Å². The number of rotatable bonds is 1. The summed E-state index contributed by atoms with van der Waals surface area (Å²) < 4.78 is 5.36. The second-order valence-electron chi connectivity index (χ2n) is 3.67. The molecule has 1 aliphatic rings. The van der Waals surface area contributed by atoms with Crippen molar-refractivity contribution in [2.45, 2.75) is 6.42 Å². The molecule has 1 aliphatic heterocycles. The number of fused-ring (bicyclic) bond motifs is 1. The van der Waals surface area contributed by atoms with Crippen LogP contribution in [0.1, 0.15) is 6.42 Å². The highest BCUT2D eigenvalue weighted by molar-refractivity contribution is 5.88. The molecule has 0 aliphatic carbocycles. The second-order valence-corrected chi connectivity index (χ2v) is 3.67. The molecule has 0 saturated carbocycles. The van der Waals surface area contributed by atoms with Gasteiger partial charge in [-0.3, -0.25) is 0 Å². The van der Waals surface area contributed by atoms with Gasteiger partial charge in [-0.05, 0) is 18.6 Å². The Morgan fingerprint density at radius 3 is 3.13 bits per heavy atom. The Morgan fingerprint density at radius 1 is 1.27 bits per heavy atom. The zero-order valence-electron chi connectivity index (χ0n) is 8.39. The van der Waals surface area contributed by atoms with Crippen LogP contribution in [0.5, 0.6) is 0 Å². The Bertz CT molecular complexity index is 501. The first-order valence-electron chi connectivity index (χ1n) is 5.17. The molecule has 3 nitrogen and oxygen atoms in total. The molecule has 0 aromatic carbocycles. The van der Waals surface area contributed by atoms with Gasteiger partial charge < -0.3 is 9.32 Å². The first-order chi connectivity index (χ1) is 7.45. The molecule has 3 rings (SSSR count).